The van der Waals surface area contributed by atoms with Crippen LogP contribution in [0, 0.1) is 11.2 Å². The van der Waals surface area contributed by atoms with Crippen molar-refractivity contribution in [1.82, 2.24) is 15.6 Å². The van der Waals surface area contributed by atoms with Crippen LogP contribution in [0.5, 0.6) is 0 Å². The van der Waals surface area contributed by atoms with Crippen molar-refractivity contribution in [2.75, 3.05) is 22.5 Å². The second-order valence-corrected chi connectivity index (χ2v) is 7.41. The van der Waals surface area contributed by atoms with Crippen molar-refractivity contribution >= 4 is 49.6 Å². The molecule has 0 spiro atoms. The topological polar surface area (TPSA) is 199 Å². The van der Waals surface area contributed by atoms with Gasteiger partial charge < -0.3 is 5.11 Å². The Morgan fingerprint density at radius 2 is 2.07 bits per heavy atom. The van der Waals surface area contributed by atoms with E-state index in [0.717, 1.165) is 6.07 Å². The summed E-state index contributed by atoms with van der Waals surface area (Å²) in [5.41, 5.74) is -0.417. The van der Waals surface area contributed by atoms with Gasteiger partial charge in [0.2, 0.25) is 5.82 Å². The highest BCUT2D eigenvalue weighted by molar-refractivity contribution is 9.10. The number of aromatic nitrogens is 2. The second-order valence-electron chi connectivity index (χ2n) is 5.08. The van der Waals surface area contributed by atoms with Gasteiger partial charge in [-0.05, 0) is 44.4 Å². The van der Waals surface area contributed by atoms with Gasteiger partial charge in [0.1, 0.15) is 5.82 Å². The molecule has 1 aromatic heterocycles. The Kier molecular flexibility index (Phi) is 6.49. The highest BCUT2D eigenvalue weighted by atomic mass is 79.9. The fourth-order valence-electron chi connectivity index (χ4n) is 2.01. The third kappa shape index (κ3) is 5.12. The molecule has 2 rings (SSSR count). The summed E-state index contributed by atoms with van der Waals surface area (Å²) in [5.74, 6) is -1.79. The fraction of sp³-hybridized carbons (Fsp3) is 0.167. The lowest BCUT2D eigenvalue weighted by molar-refractivity contribution is 0.200. The summed E-state index contributed by atoms with van der Waals surface area (Å²) >= 11 is 2.93. The van der Waals surface area contributed by atoms with Crippen molar-refractivity contribution in [2.24, 2.45) is 5.14 Å². The second kappa shape index (κ2) is 8.46. The Balaban J connectivity index is 2.20. The molecule has 28 heavy (non-hydrogen) atoms. The van der Waals surface area contributed by atoms with E-state index in [0.29, 0.717) is 9.37 Å². The summed E-state index contributed by atoms with van der Waals surface area (Å²) < 4.78 is 42.2. The van der Waals surface area contributed by atoms with Crippen LogP contribution in [-0.2, 0) is 10.2 Å². The van der Waals surface area contributed by atoms with Crippen molar-refractivity contribution in [3.63, 3.8) is 0 Å². The molecule has 0 aliphatic rings. The third-order valence-electron chi connectivity index (χ3n) is 3.20. The van der Waals surface area contributed by atoms with Crippen LogP contribution in [0.15, 0.2) is 27.3 Å². The minimum atomic E-state index is -4.29. The van der Waals surface area contributed by atoms with Crippen molar-refractivity contribution < 1.29 is 32.5 Å². The summed E-state index contributed by atoms with van der Waals surface area (Å²) in [6, 6.07) is 3.37. The van der Waals surface area contributed by atoms with Crippen LogP contribution in [0.4, 0.5) is 20.7 Å². The molecule has 0 radical (unpaired) electrons. The SMILES string of the molecule is N=C(NC(=O)O)c1nonc1N(O)CCN(c1ccc(F)c(Br)c1)S(N)(=O)=O. The van der Waals surface area contributed by atoms with E-state index < -0.39 is 52.6 Å². The minimum Gasteiger partial charge on any atom is -0.465 e. The summed E-state index contributed by atoms with van der Waals surface area (Å²) in [5, 5.41) is 40.2. The molecule has 2 aromatic rings. The molecule has 13 nitrogen and oxygen atoms in total. The van der Waals surface area contributed by atoms with Gasteiger partial charge >= 0.3 is 6.09 Å². The number of carbonyl (C=O) groups is 1. The zero-order valence-electron chi connectivity index (χ0n) is 13.7. The van der Waals surface area contributed by atoms with E-state index in [1.54, 1.807) is 5.32 Å². The number of amidine groups is 1. The summed E-state index contributed by atoms with van der Waals surface area (Å²) in [6.07, 6.45) is -1.55. The third-order valence-corrected chi connectivity index (χ3v) is 4.81. The number of benzene rings is 1. The van der Waals surface area contributed by atoms with E-state index in [9.17, 15) is 22.8 Å². The molecular formula is C12H13BrFN7O6S. The molecule has 0 saturated heterocycles. The molecule has 16 heteroatoms. The van der Waals surface area contributed by atoms with Crippen molar-refractivity contribution in [1.29, 1.82) is 5.41 Å². The largest absolute Gasteiger partial charge is 0.465 e. The Bertz CT molecular complexity index is 1000. The zero-order valence-corrected chi connectivity index (χ0v) is 16.1. The lowest BCUT2D eigenvalue weighted by Crippen LogP contribution is -2.42. The molecule has 0 saturated carbocycles. The van der Waals surface area contributed by atoms with Gasteiger partial charge in [-0.15, -0.1) is 0 Å². The number of nitrogens with zero attached hydrogens (tertiary/aromatic N) is 4. The molecule has 6 N–H and O–H groups in total. The summed E-state index contributed by atoms with van der Waals surface area (Å²) in [4.78, 5) is 10.6. The molecule has 1 aromatic carbocycles. The molecule has 0 fully saturated rings. The molecule has 1 amide bonds. The van der Waals surface area contributed by atoms with Crippen LogP contribution in [0.2, 0.25) is 0 Å². The number of hydroxylamine groups is 1. The van der Waals surface area contributed by atoms with Crippen molar-refractivity contribution in [3.05, 3.63) is 34.2 Å². The highest BCUT2D eigenvalue weighted by Crippen LogP contribution is 2.24. The minimum absolute atomic E-state index is 0.00400. The molecular weight excluding hydrogens is 469 g/mol. The molecule has 0 aliphatic carbocycles. The van der Waals surface area contributed by atoms with E-state index in [2.05, 4.69) is 30.9 Å². The average Bonchev–Trinajstić information content (AvgIpc) is 3.06. The lowest BCUT2D eigenvalue weighted by Gasteiger charge is -2.24. The zero-order chi connectivity index (χ0) is 21.1. The van der Waals surface area contributed by atoms with Gasteiger partial charge in [-0.25, -0.2) is 24.0 Å². The van der Waals surface area contributed by atoms with Gasteiger partial charge in [0.05, 0.1) is 23.2 Å². The summed E-state index contributed by atoms with van der Waals surface area (Å²) in [6.45, 7) is -0.855. The fourth-order valence-corrected chi connectivity index (χ4v) is 3.12. The first kappa shape index (κ1) is 21.5. The van der Waals surface area contributed by atoms with Gasteiger partial charge in [0.25, 0.3) is 10.2 Å². The number of anilines is 2. The first-order valence-corrected chi connectivity index (χ1v) is 9.43. The van der Waals surface area contributed by atoms with E-state index in [1.807, 2.05) is 0 Å². The lowest BCUT2D eigenvalue weighted by atomic mass is 10.3. The van der Waals surface area contributed by atoms with Gasteiger partial charge in [-0.1, -0.05) is 0 Å². The Hall–Kier alpha value is -2.82. The molecule has 152 valence electrons. The standard InChI is InChI=1S/C12H13BrFN7O6S/c13-7-5-6(1-2-8(7)14)21(28(16,25)26)4-3-20(24)11-9(18-27-19-11)10(15)17-12(22)23/h1-2,5,24H,3-4H2,(H2,15,17)(H,22,23)(H2,16,25,26). The Morgan fingerprint density at radius 3 is 2.64 bits per heavy atom. The highest BCUT2D eigenvalue weighted by Gasteiger charge is 2.24. The van der Waals surface area contributed by atoms with Crippen LogP contribution in [0.25, 0.3) is 0 Å². The quantitative estimate of drug-likeness (QED) is 0.211. The van der Waals surface area contributed by atoms with E-state index in [4.69, 9.17) is 15.7 Å². The molecule has 0 bridgehead atoms. The Morgan fingerprint density at radius 1 is 1.39 bits per heavy atom. The number of nitrogens with one attached hydrogen (secondary N) is 2. The average molecular weight is 482 g/mol. The van der Waals surface area contributed by atoms with Crippen LogP contribution in [0.1, 0.15) is 5.69 Å². The number of amides is 1. The smallest absolute Gasteiger partial charge is 0.410 e. The summed E-state index contributed by atoms with van der Waals surface area (Å²) in [7, 11) is -4.29. The van der Waals surface area contributed by atoms with Crippen molar-refractivity contribution in [3.8, 4) is 0 Å². The van der Waals surface area contributed by atoms with Crippen LogP contribution < -0.4 is 19.8 Å². The Labute approximate surface area is 165 Å². The number of hydrogen-bond donors (Lipinski definition) is 5. The van der Waals surface area contributed by atoms with Crippen molar-refractivity contribution in [2.45, 2.75) is 0 Å². The maximum Gasteiger partial charge on any atom is 0.410 e. The van der Waals surface area contributed by atoms with E-state index in [1.165, 1.54) is 12.1 Å². The van der Waals surface area contributed by atoms with E-state index in [-0.39, 0.29) is 10.2 Å². The predicted molar refractivity (Wildman–Crippen MR) is 96.0 cm³/mol. The molecule has 0 unspecified atom stereocenters. The molecule has 0 atom stereocenters. The number of nitrogens with two attached hydrogens (primary N) is 1. The maximum atomic E-state index is 13.4. The van der Waals surface area contributed by atoms with Gasteiger partial charge in [-0.3, -0.25) is 20.2 Å². The van der Waals surface area contributed by atoms with Crippen LogP contribution in [0.3, 0.4) is 0 Å². The maximum absolute atomic E-state index is 13.4. The van der Waals surface area contributed by atoms with Crippen LogP contribution in [-0.4, -0.2) is 54.1 Å². The normalized spacial score (nSPS) is 11.1. The molecule has 0 aliphatic heterocycles. The van der Waals surface area contributed by atoms with Gasteiger partial charge in [0, 0.05) is 0 Å². The van der Waals surface area contributed by atoms with Gasteiger partial charge in [-0.2, -0.15) is 8.42 Å². The first-order valence-electron chi connectivity index (χ1n) is 7.14. The number of hydrogen-bond acceptors (Lipinski definition) is 9. The molecule has 1 heterocycles. The first-order chi connectivity index (χ1) is 13.0. The van der Waals surface area contributed by atoms with Crippen LogP contribution >= 0.6 is 15.9 Å². The van der Waals surface area contributed by atoms with E-state index >= 15 is 0 Å². The monoisotopic (exact) mass is 481 g/mol. The predicted octanol–water partition coefficient (Wildman–Crippen LogP) is 0.470. The number of carboxylic acid groups (broad SMARTS) is 1. The van der Waals surface area contributed by atoms with Gasteiger partial charge in [0.15, 0.2) is 11.5 Å². The number of rotatable bonds is 7. The number of halogens is 2.